The van der Waals surface area contributed by atoms with Crippen LogP contribution in [0.1, 0.15) is 15.9 Å². The molecule has 136 valence electrons. The highest BCUT2D eigenvalue weighted by molar-refractivity contribution is 6.14. The van der Waals surface area contributed by atoms with Crippen molar-refractivity contribution in [3.63, 3.8) is 0 Å². The summed E-state index contributed by atoms with van der Waals surface area (Å²) < 4.78 is 10.8. The number of nitrogens with zero attached hydrogens (tertiary/aromatic N) is 1. The molecule has 0 spiro atoms. The number of pyridine rings is 1. The van der Waals surface area contributed by atoms with E-state index < -0.39 is 0 Å². The highest BCUT2D eigenvalue weighted by atomic mass is 16.5. The van der Waals surface area contributed by atoms with Crippen molar-refractivity contribution in [1.29, 1.82) is 0 Å². The summed E-state index contributed by atoms with van der Waals surface area (Å²) in [5.74, 6) is 0.728. The van der Waals surface area contributed by atoms with E-state index in [1.54, 1.807) is 24.4 Å². The molecule has 0 fully saturated rings. The Morgan fingerprint density at radius 3 is 2.81 bits per heavy atom. The maximum absolute atomic E-state index is 13.2. The Morgan fingerprint density at radius 2 is 2.00 bits per heavy atom. The van der Waals surface area contributed by atoms with Crippen LogP contribution in [0.3, 0.4) is 0 Å². The van der Waals surface area contributed by atoms with Gasteiger partial charge in [-0.05, 0) is 30.3 Å². The molecule has 0 saturated carbocycles. The van der Waals surface area contributed by atoms with Crippen LogP contribution < -0.4 is 9.47 Å². The fraction of sp³-hybridized carbons (Fsp3) is 0.143. The van der Waals surface area contributed by atoms with E-state index in [1.807, 2.05) is 30.3 Å². The smallest absolute Gasteiger partial charge is 0.198 e. The molecule has 4 rings (SSSR count). The Bertz CT molecular complexity index is 1130. The Morgan fingerprint density at radius 1 is 1.15 bits per heavy atom. The Hall–Kier alpha value is -3.38. The second-order valence-electron chi connectivity index (χ2n) is 6.05. The molecule has 0 aliphatic heterocycles. The molecule has 4 aromatic rings. The Balaban J connectivity index is 1.81. The zero-order valence-electron chi connectivity index (χ0n) is 14.7. The van der Waals surface area contributed by atoms with Crippen LogP contribution in [0.15, 0.2) is 54.7 Å². The minimum Gasteiger partial charge on any atom is -0.497 e. The van der Waals surface area contributed by atoms with Crippen molar-refractivity contribution in [1.82, 2.24) is 9.97 Å². The molecule has 0 aliphatic carbocycles. The molecule has 0 saturated heterocycles. The topological polar surface area (TPSA) is 84.4 Å². The average Bonchev–Trinajstić information content (AvgIpc) is 3.09. The van der Waals surface area contributed by atoms with E-state index in [-0.39, 0.29) is 19.0 Å². The summed E-state index contributed by atoms with van der Waals surface area (Å²) in [4.78, 5) is 20.8. The number of carbonyl (C=O) groups excluding carboxylic acids is 1. The standard InChI is InChI=1S/C21H18N2O4/c1-26-14-6-7-19(27-9-8-24)17(11-14)20(25)13-10-16-15-4-2-3-5-18(15)23-21(16)22-12-13/h2-7,10-12,24H,8-9H2,1H3,(H,22,23). The third-order valence-corrected chi connectivity index (χ3v) is 4.40. The summed E-state index contributed by atoms with van der Waals surface area (Å²) in [5, 5.41) is 10.9. The first kappa shape index (κ1) is 17.1. The molecule has 0 aliphatic rings. The van der Waals surface area contributed by atoms with Gasteiger partial charge in [0.2, 0.25) is 0 Å². The van der Waals surface area contributed by atoms with Gasteiger partial charge >= 0.3 is 0 Å². The molecule has 0 amide bonds. The van der Waals surface area contributed by atoms with Crippen LogP contribution in [0.5, 0.6) is 11.5 Å². The highest BCUT2D eigenvalue weighted by Gasteiger charge is 2.18. The largest absolute Gasteiger partial charge is 0.497 e. The number of hydrogen-bond donors (Lipinski definition) is 2. The van der Waals surface area contributed by atoms with E-state index >= 15 is 0 Å². The van der Waals surface area contributed by atoms with Gasteiger partial charge in [0.25, 0.3) is 0 Å². The molecule has 2 N–H and O–H groups in total. The fourth-order valence-electron chi connectivity index (χ4n) is 3.10. The number of aliphatic hydroxyl groups is 1. The molecule has 6 heteroatoms. The van der Waals surface area contributed by atoms with Gasteiger partial charge in [-0.15, -0.1) is 0 Å². The van der Waals surface area contributed by atoms with Gasteiger partial charge in [0.05, 0.1) is 19.3 Å². The number of aliphatic hydroxyl groups excluding tert-OH is 1. The molecular weight excluding hydrogens is 344 g/mol. The van der Waals surface area contributed by atoms with Crippen molar-refractivity contribution >= 4 is 27.7 Å². The minimum atomic E-state index is -0.221. The van der Waals surface area contributed by atoms with Crippen molar-refractivity contribution < 1.29 is 19.4 Å². The van der Waals surface area contributed by atoms with Gasteiger partial charge < -0.3 is 19.6 Å². The summed E-state index contributed by atoms with van der Waals surface area (Å²) in [6.45, 7) is -0.0329. The van der Waals surface area contributed by atoms with Gasteiger partial charge in [-0.3, -0.25) is 4.79 Å². The van der Waals surface area contributed by atoms with Crippen molar-refractivity contribution in [3.8, 4) is 11.5 Å². The summed E-state index contributed by atoms with van der Waals surface area (Å²) >= 11 is 0. The van der Waals surface area contributed by atoms with Gasteiger partial charge in [-0.25, -0.2) is 4.98 Å². The summed E-state index contributed by atoms with van der Waals surface area (Å²) in [6.07, 6.45) is 1.55. The molecule has 0 radical (unpaired) electrons. The van der Waals surface area contributed by atoms with Crippen LogP contribution in [-0.2, 0) is 0 Å². The summed E-state index contributed by atoms with van der Waals surface area (Å²) in [5.41, 5.74) is 2.52. The molecule has 2 aromatic carbocycles. The highest BCUT2D eigenvalue weighted by Crippen LogP contribution is 2.29. The lowest BCUT2D eigenvalue weighted by molar-refractivity contribution is 0.103. The van der Waals surface area contributed by atoms with Crippen molar-refractivity contribution in [2.75, 3.05) is 20.3 Å². The zero-order valence-corrected chi connectivity index (χ0v) is 14.7. The molecular formula is C21H18N2O4. The van der Waals surface area contributed by atoms with Crippen molar-refractivity contribution in [2.45, 2.75) is 0 Å². The number of methoxy groups -OCH3 is 1. The van der Waals surface area contributed by atoms with E-state index in [0.29, 0.717) is 22.6 Å². The van der Waals surface area contributed by atoms with Gasteiger partial charge in [-0.1, -0.05) is 18.2 Å². The number of fused-ring (bicyclic) bond motifs is 3. The average molecular weight is 362 g/mol. The summed E-state index contributed by atoms with van der Waals surface area (Å²) in [7, 11) is 1.54. The van der Waals surface area contributed by atoms with E-state index in [0.717, 1.165) is 21.9 Å². The lowest BCUT2D eigenvalue weighted by Gasteiger charge is -2.11. The number of ketones is 1. The third-order valence-electron chi connectivity index (χ3n) is 4.40. The maximum Gasteiger partial charge on any atom is 0.198 e. The monoisotopic (exact) mass is 362 g/mol. The summed E-state index contributed by atoms with van der Waals surface area (Å²) in [6, 6.07) is 14.7. The van der Waals surface area contributed by atoms with Crippen LogP contribution >= 0.6 is 0 Å². The number of aromatic nitrogens is 2. The first-order chi connectivity index (χ1) is 13.2. The Kier molecular flexibility index (Phi) is 4.48. The number of hydrogen-bond acceptors (Lipinski definition) is 5. The van der Waals surface area contributed by atoms with E-state index in [2.05, 4.69) is 9.97 Å². The quantitative estimate of drug-likeness (QED) is 0.514. The molecule has 27 heavy (non-hydrogen) atoms. The number of ether oxygens (including phenoxy) is 2. The molecule has 6 nitrogen and oxygen atoms in total. The van der Waals surface area contributed by atoms with Gasteiger partial charge in [-0.2, -0.15) is 0 Å². The van der Waals surface area contributed by atoms with Crippen molar-refractivity contribution in [2.24, 2.45) is 0 Å². The molecule has 0 unspecified atom stereocenters. The SMILES string of the molecule is COc1ccc(OCCO)c(C(=O)c2cnc3[nH]c4ccccc4c3c2)c1. The first-order valence-electron chi connectivity index (χ1n) is 8.54. The second-order valence-corrected chi connectivity index (χ2v) is 6.05. The number of para-hydroxylation sites is 1. The fourth-order valence-corrected chi connectivity index (χ4v) is 3.10. The van der Waals surface area contributed by atoms with Gasteiger partial charge in [0, 0.05) is 28.0 Å². The normalized spacial score (nSPS) is 11.0. The van der Waals surface area contributed by atoms with Crippen LogP contribution in [-0.4, -0.2) is 41.2 Å². The second kappa shape index (κ2) is 7.09. The first-order valence-corrected chi connectivity index (χ1v) is 8.54. The number of benzene rings is 2. The van der Waals surface area contributed by atoms with Crippen LogP contribution in [0.2, 0.25) is 0 Å². The predicted octanol–water partition coefficient (Wildman–Crippen LogP) is 3.33. The molecule has 0 atom stereocenters. The third kappa shape index (κ3) is 3.11. The maximum atomic E-state index is 13.2. The number of rotatable bonds is 6. The number of aromatic amines is 1. The zero-order chi connectivity index (χ0) is 18.8. The number of nitrogens with one attached hydrogen (secondary N) is 1. The van der Waals surface area contributed by atoms with E-state index in [4.69, 9.17) is 14.6 Å². The Labute approximate surface area is 155 Å². The van der Waals surface area contributed by atoms with Crippen molar-refractivity contribution in [3.05, 3.63) is 65.9 Å². The van der Waals surface area contributed by atoms with Crippen LogP contribution in [0.25, 0.3) is 21.9 Å². The number of H-pyrrole nitrogens is 1. The van der Waals surface area contributed by atoms with Crippen LogP contribution in [0, 0.1) is 0 Å². The minimum absolute atomic E-state index is 0.104. The van der Waals surface area contributed by atoms with Crippen LogP contribution in [0.4, 0.5) is 0 Å². The lowest BCUT2D eigenvalue weighted by Crippen LogP contribution is -2.09. The molecule has 2 heterocycles. The molecule has 2 aromatic heterocycles. The number of carbonyl (C=O) groups is 1. The molecule has 0 bridgehead atoms. The van der Waals surface area contributed by atoms with Gasteiger partial charge in [0.15, 0.2) is 5.78 Å². The lowest BCUT2D eigenvalue weighted by atomic mass is 10.0. The van der Waals surface area contributed by atoms with E-state index in [9.17, 15) is 4.79 Å². The van der Waals surface area contributed by atoms with Gasteiger partial charge in [0.1, 0.15) is 23.8 Å². The predicted molar refractivity (Wildman–Crippen MR) is 103 cm³/mol. The van der Waals surface area contributed by atoms with E-state index in [1.165, 1.54) is 7.11 Å².